The molecular formula is C13H22N2O2. The number of piperazine rings is 1. The summed E-state index contributed by atoms with van der Waals surface area (Å²) in [5.41, 5.74) is 0. The third-order valence-corrected chi connectivity index (χ3v) is 3.79. The van der Waals surface area contributed by atoms with Crippen LogP contribution in [0, 0.1) is 11.8 Å². The Morgan fingerprint density at radius 2 is 2.12 bits per heavy atom. The molecule has 0 aromatic rings. The van der Waals surface area contributed by atoms with E-state index >= 15 is 0 Å². The summed E-state index contributed by atoms with van der Waals surface area (Å²) in [4.78, 5) is 25.5. The largest absolute Gasteiger partial charge is 0.343 e. The topological polar surface area (TPSA) is 49.4 Å². The van der Waals surface area contributed by atoms with Crippen molar-refractivity contribution in [2.45, 2.75) is 45.6 Å². The van der Waals surface area contributed by atoms with Gasteiger partial charge in [-0.3, -0.25) is 9.59 Å². The van der Waals surface area contributed by atoms with Crippen LogP contribution in [0.3, 0.4) is 0 Å². The van der Waals surface area contributed by atoms with Crippen LogP contribution < -0.4 is 5.32 Å². The summed E-state index contributed by atoms with van der Waals surface area (Å²) >= 11 is 0. The molecule has 2 fully saturated rings. The zero-order chi connectivity index (χ0) is 12.4. The molecule has 0 aromatic carbocycles. The number of hydrogen-bond acceptors (Lipinski definition) is 2. The first kappa shape index (κ1) is 12.4. The molecule has 4 nitrogen and oxygen atoms in total. The van der Waals surface area contributed by atoms with Gasteiger partial charge in [0.1, 0.15) is 6.04 Å². The third-order valence-electron chi connectivity index (χ3n) is 3.79. The lowest BCUT2D eigenvalue weighted by Gasteiger charge is -2.34. The van der Waals surface area contributed by atoms with E-state index < -0.39 is 0 Å². The molecule has 1 aliphatic carbocycles. The molecule has 17 heavy (non-hydrogen) atoms. The summed E-state index contributed by atoms with van der Waals surface area (Å²) in [5, 5.41) is 2.78. The quantitative estimate of drug-likeness (QED) is 0.781. The zero-order valence-corrected chi connectivity index (χ0v) is 10.7. The summed E-state index contributed by atoms with van der Waals surface area (Å²) in [6.07, 6.45) is 4.24. The highest BCUT2D eigenvalue weighted by Gasteiger charge is 2.35. The summed E-state index contributed by atoms with van der Waals surface area (Å²) < 4.78 is 0. The molecule has 1 heterocycles. The third kappa shape index (κ3) is 2.99. The molecule has 2 atom stereocenters. The van der Waals surface area contributed by atoms with E-state index in [9.17, 15) is 9.59 Å². The molecule has 0 radical (unpaired) electrons. The highest BCUT2D eigenvalue weighted by molar-refractivity contribution is 5.94. The number of carbonyl (C=O) groups excluding carboxylic acids is 2. The summed E-state index contributed by atoms with van der Waals surface area (Å²) in [6.45, 7) is 5.21. The van der Waals surface area contributed by atoms with Crippen LogP contribution in [0.5, 0.6) is 0 Å². The number of carbonyl (C=O) groups is 2. The molecule has 1 N–H and O–H groups in total. The average Bonchev–Trinajstić information content (AvgIpc) is 3.08. The second kappa shape index (κ2) is 5.07. The lowest BCUT2D eigenvalue weighted by Crippen LogP contribution is -2.58. The second-order valence-electron chi connectivity index (χ2n) is 5.44. The molecule has 2 unspecified atom stereocenters. The van der Waals surface area contributed by atoms with Crippen molar-refractivity contribution in [3.8, 4) is 0 Å². The molecule has 0 spiro atoms. The van der Waals surface area contributed by atoms with Crippen molar-refractivity contribution < 1.29 is 9.59 Å². The normalized spacial score (nSPS) is 26.9. The highest BCUT2D eigenvalue weighted by atomic mass is 16.2. The fourth-order valence-electron chi connectivity index (χ4n) is 2.57. The Kier molecular flexibility index (Phi) is 3.69. The van der Waals surface area contributed by atoms with Gasteiger partial charge < -0.3 is 10.2 Å². The maximum absolute atomic E-state index is 12.2. The van der Waals surface area contributed by atoms with Gasteiger partial charge in [0.05, 0.1) is 6.54 Å². The molecular weight excluding hydrogens is 216 g/mol. The van der Waals surface area contributed by atoms with E-state index in [1.54, 1.807) is 4.90 Å². The number of nitrogens with zero attached hydrogens (tertiary/aromatic N) is 1. The van der Waals surface area contributed by atoms with Gasteiger partial charge in [-0.15, -0.1) is 0 Å². The Morgan fingerprint density at radius 1 is 1.41 bits per heavy atom. The maximum atomic E-state index is 12.2. The number of nitrogens with one attached hydrogen (secondary N) is 1. The summed E-state index contributed by atoms with van der Waals surface area (Å²) in [5.74, 6) is 1.41. The van der Waals surface area contributed by atoms with Crippen molar-refractivity contribution in [3.05, 3.63) is 0 Å². The fraction of sp³-hybridized carbons (Fsp3) is 0.846. The maximum Gasteiger partial charge on any atom is 0.245 e. The van der Waals surface area contributed by atoms with Crippen LogP contribution in [0.2, 0.25) is 0 Å². The molecule has 0 aromatic heterocycles. The van der Waals surface area contributed by atoms with Gasteiger partial charge in [0.2, 0.25) is 11.8 Å². The predicted octanol–water partition coefficient (Wildman–Crippen LogP) is 1.16. The lowest BCUT2D eigenvalue weighted by molar-refractivity contribution is -0.145. The van der Waals surface area contributed by atoms with Crippen molar-refractivity contribution >= 4 is 11.8 Å². The molecule has 2 amide bonds. The van der Waals surface area contributed by atoms with Crippen molar-refractivity contribution in [3.63, 3.8) is 0 Å². The van der Waals surface area contributed by atoms with Crippen LogP contribution in [0.1, 0.15) is 39.5 Å². The first-order chi connectivity index (χ1) is 8.11. The van der Waals surface area contributed by atoms with E-state index in [0.29, 0.717) is 5.92 Å². The monoisotopic (exact) mass is 238 g/mol. The van der Waals surface area contributed by atoms with E-state index in [1.807, 2.05) is 6.92 Å². The number of rotatable bonds is 5. The van der Waals surface area contributed by atoms with Crippen LogP contribution >= 0.6 is 0 Å². The van der Waals surface area contributed by atoms with Crippen molar-refractivity contribution in [1.29, 1.82) is 0 Å². The Labute approximate surface area is 103 Å². The molecule has 96 valence electrons. The molecule has 2 rings (SSSR count). The highest BCUT2D eigenvalue weighted by Crippen LogP contribution is 2.37. The molecule has 1 saturated heterocycles. The van der Waals surface area contributed by atoms with E-state index in [1.165, 1.54) is 12.8 Å². The molecule has 0 bridgehead atoms. The molecule has 1 aliphatic heterocycles. The molecule has 1 saturated carbocycles. The van der Waals surface area contributed by atoms with E-state index in [4.69, 9.17) is 0 Å². The van der Waals surface area contributed by atoms with Crippen molar-refractivity contribution in [2.24, 2.45) is 11.8 Å². The molecule has 4 heteroatoms. The van der Waals surface area contributed by atoms with E-state index in [2.05, 4.69) is 12.2 Å². The van der Waals surface area contributed by atoms with Gasteiger partial charge in [0.15, 0.2) is 0 Å². The van der Waals surface area contributed by atoms with Crippen molar-refractivity contribution in [2.75, 3.05) is 13.1 Å². The smallest absolute Gasteiger partial charge is 0.245 e. The standard InChI is InChI=1S/C13H22N2O2/c1-3-4-11-13(17)15(8-12(16)14-11)7-9(2)10-5-6-10/h9-11H,3-8H2,1-2H3,(H,14,16). The van der Waals surface area contributed by atoms with Gasteiger partial charge in [0, 0.05) is 6.54 Å². The van der Waals surface area contributed by atoms with Crippen LogP contribution in [0.15, 0.2) is 0 Å². The van der Waals surface area contributed by atoms with Gasteiger partial charge in [-0.25, -0.2) is 0 Å². The minimum atomic E-state index is -0.285. The SMILES string of the molecule is CCCC1NC(=O)CN(CC(C)C2CC2)C1=O. The lowest BCUT2D eigenvalue weighted by atomic mass is 10.0. The van der Waals surface area contributed by atoms with Gasteiger partial charge >= 0.3 is 0 Å². The minimum Gasteiger partial charge on any atom is -0.343 e. The van der Waals surface area contributed by atoms with Gasteiger partial charge in [-0.1, -0.05) is 20.3 Å². The van der Waals surface area contributed by atoms with E-state index in [-0.39, 0.29) is 24.4 Å². The Hall–Kier alpha value is -1.06. The first-order valence-corrected chi connectivity index (χ1v) is 6.70. The van der Waals surface area contributed by atoms with Crippen LogP contribution in [0.25, 0.3) is 0 Å². The number of amides is 2. The summed E-state index contributed by atoms with van der Waals surface area (Å²) in [6, 6.07) is -0.285. The minimum absolute atomic E-state index is 0.00829. The second-order valence-corrected chi connectivity index (χ2v) is 5.44. The Bertz CT molecular complexity index is 313. The predicted molar refractivity (Wildman–Crippen MR) is 65.3 cm³/mol. The first-order valence-electron chi connectivity index (χ1n) is 6.70. The van der Waals surface area contributed by atoms with Gasteiger partial charge in [0.25, 0.3) is 0 Å². The van der Waals surface area contributed by atoms with Gasteiger partial charge in [-0.2, -0.15) is 0 Å². The zero-order valence-electron chi connectivity index (χ0n) is 10.7. The Morgan fingerprint density at radius 3 is 2.71 bits per heavy atom. The average molecular weight is 238 g/mol. The number of hydrogen-bond donors (Lipinski definition) is 1. The van der Waals surface area contributed by atoms with Crippen molar-refractivity contribution in [1.82, 2.24) is 10.2 Å². The van der Waals surface area contributed by atoms with Crippen LogP contribution in [-0.4, -0.2) is 35.8 Å². The van der Waals surface area contributed by atoms with E-state index in [0.717, 1.165) is 25.3 Å². The van der Waals surface area contributed by atoms with Gasteiger partial charge in [-0.05, 0) is 31.1 Å². The summed E-state index contributed by atoms with van der Waals surface area (Å²) in [7, 11) is 0. The molecule has 2 aliphatic rings. The van der Waals surface area contributed by atoms with Crippen LogP contribution in [0.4, 0.5) is 0 Å². The van der Waals surface area contributed by atoms with Crippen LogP contribution in [-0.2, 0) is 9.59 Å². The Balaban J connectivity index is 1.94. The fourth-order valence-corrected chi connectivity index (χ4v) is 2.57.